The molecule has 8 heteroatoms. The Morgan fingerprint density at radius 2 is 1.76 bits per heavy atom. The van der Waals surface area contributed by atoms with Crippen molar-refractivity contribution < 1.29 is 22.7 Å². The fourth-order valence-corrected chi connectivity index (χ4v) is 6.09. The van der Waals surface area contributed by atoms with Crippen LogP contribution in [0.15, 0.2) is 41.3 Å². The van der Waals surface area contributed by atoms with E-state index in [2.05, 4.69) is 0 Å². The molecule has 0 aliphatic carbocycles. The van der Waals surface area contributed by atoms with Crippen LogP contribution >= 0.6 is 0 Å². The maximum absolute atomic E-state index is 13.6. The summed E-state index contributed by atoms with van der Waals surface area (Å²) in [5.74, 6) is 1.31. The van der Waals surface area contributed by atoms with Gasteiger partial charge in [0.2, 0.25) is 10.0 Å². The fourth-order valence-electron chi connectivity index (χ4n) is 4.60. The van der Waals surface area contributed by atoms with Crippen LogP contribution in [0.3, 0.4) is 0 Å². The number of likely N-dealkylation sites (tertiary alicyclic amines) is 1. The van der Waals surface area contributed by atoms with Gasteiger partial charge in [0.15, 0.2) is 11.5 Å². The molecule has 2 aliphatic rings. The normalized spacial score (nSPS) is 18.4. The smallest absolute Gasteiger partial charge is 0.254 e. The molecule has 0 spiro atoms. The number of sulfonamides is 1. The maximum Gasteiger partial charge on any atom is 0.254 e. The van der Waals surface area contributed by atoms with Gasteiger partial charge in [0.1, 0.15) is 0 Å². The Hall–Kier alpha value is -2.58. The number of carbonyl (C=O) groups excluding carboxylic acids is 1. The third-order valence-corrected chi connectivity index (χ3v) is 8.50. The topological polar surface area (TPSA) is 76.2 Å². The summed E-state index contributed by atoms with van der Waals surface area (Å²) in [4.78, 5) is 15.7. The van der Waals surface area contributed by atoms with Crippen LogP contribution in [0.25, 0.3) is 0 Å². The zero-order valence-corrected chi connectivity index (χ0v) is 20.4. The summed E-state index contributed by atoms with van der Waals surface area (Å²) >= 11 is 0. The number of amides is 1. The van der Waals surface area contributed by atoms with Crippen LogP contribution in [0.1, 0.15) is 60.6 Å². The van der Waals surface area contributed by atoms with Gasteiger partial charge in [0.25, 0.3) is 5.91 Å². The fraction of sp³-hybridized carbons (Fsp3) is 0.480. The molecular formula is C25H32N2O5S. The summed E-state index contributed by atoms with van der Waals surface area (Å²) in [5, 5.41) is 0. The zero-order chi connectivity index (χ0) is 23.6. The monoisotopic (exact) mass is 472 g/mol. The van der Waals surface area contributed by atoms with Crippen molar-refractivity contribution in [1.82, 2.24) is 9.21 Å². The van der Waals surface area contributed by atoms with E-state index >= 15 is 0 Å². The molecule has 178 valence electrons. The van der Waals surface area contributed by atoms with Crippen molar-refractivity contribution in [3.8, 4) is 11.5 Å². The number of ether oxygens (including phenoxy) is 2. The van der Waals surface area contributed by atoms with E-state index in [9.17, 15) is 13.2 Å². The van der Waals surface area contributed by atoms with Crippen molar-refractivity contribution in [3.63, 3.8) is 0 Å². The quantitative estimate of drug-likeness (QED) is 0.631. The summed E-state index contributed by atoms with van der Waals surface area (Å²) in [7, 11) is -3.64. The molecule has 0 radical (unpaired) electrons. The molecule has 2 heterocycles. The molecule has 33 heavy (non-hydrogen) atoms. The molecule has 1 fully saturated rings. The highest BCUT2D eigenvalue weighted by atomic mass is 32.2. The minimum absolute atomic E-state index is 0.0860. The number of aryl methyl sites for hydroxylation is 1. The van der Waals surface area contributed by atoms with Crippen molar-refractivity contribution in [2.24, 2.45) is 0 Å². The molecule has 2 aliphatic heterocycles. The molecule has 2 aromatic carbocycles. The van der Waals surface area contributed by atoms with Crippen LogP contribution in [0, 0.1) is 6.92 Å². The lowest BCUT2D eigenvalue weighted by Crippen LogP contribution is -2.32. The van der Waals surface area contributed by atoms with E-state index in [-0.39, 0.29) is 16.8 Å². The van der Waals surface area contributed by atoms with Gasteiger partial charge in [0.05, 0.1) is 24.2 Å². The van der Waals surface area contributed by atoms with Crippen LogP contribution in [0.5, 0.6) is 11.5 Å². The number of benzene rings is 2. The molecule has 4 rings (SSSR count). The highest BCUT2D eigenvalue weighted by molar-refractivity contribution is 7.89. The van der Waals surface area contributed by atoms with Gasteiger partial charge in [-0.2, -0.15) is 4.31 Å². The highest BCUT2D eigenvalue weighted by Crippen LogP contribution is 2.39. The molecular weight excluding hydrogens is 440 g/mol. The van der Waals surface area contributed by atoms with Crippen molar-refractivity contribution in [2.45, 2.75) is 51.0 Å². The van der Waals surface area contributed by atoms with E-state index < -0.39 is 10.0 Å². The van der Waals surface area contributed by atoms with E-state index in [0.717, 1.165) is 36.1 Å². The second-order valence-electron chi connectivity index (χ2n) is 8.48. The zero-order valence-electron chi connectivity index (χ0n) is 19.5. The molecule has 2 aromatic rings. The molecule has 1 unspecified atom stereocenters. The first-order valence-electron chi connectivity index (χ1n) is 11.7. The Morgan fingerprint density at radius 3 is 2.48 bits per heavy atom. The summed E-state index contributed by atoms with van der Waals surface area (Å²) in [6.45, 7) is 8.10. The first-order chi connectivity index (χ1) is 15.9. The lowest BCUT2D eigenvalue weighted by Gasteiger charge is -2.27. The molecule has 0 bridgehead atoms. The molecule has 7 nitrogen and oxygen atoms in total. The summed E-state index contributed by atoms with van der Waals surface area (Å²) in [5.41, 5.74) is 2.21. The number of fused-ring (bicyclic) bond motifs is 1. The number of nitrogens with zero attached hydrogens (tertiary/aromatic N) is 2. The van der Waals surface area contributed by atoms with Crippen LogP contribution in [0.4, 0.5) is 0 Å². The lowest BCUT2D eigenvalue weighted by molar-refractivity contribution is 0.0734. The molecule has 1 amide bonds. The van der Waals surface area contributed by atoms with E-state index in [1.54, 1.807) is 12.1 Å². The SMILES string of the molecule is CCN(CC)S(=O)(=O)c1ccc(C)c(C(=O)N2CCCC2c2ccc3c(c2)OCCCO3)c1. The van der Waals surface area contributed by atoms with E-state index in [4.69, 9.17) is 9.47 Å². The van der Waals surface area contributed by atoms with Crippen LogP contribution in [0.2, 0.25) is 0 Å². The average molecular weight is 473 g/mol. The van der Waals surface area contributed by atoms with Crippen LogP contribution in [-0.4, -0.2) is 56.4 Å². The van der Waals surface area contributed by atoms with Gasteiger partial charge in [-0.05, 0) is 55.2 Å². The van der Waals surface area contributed by atoms with Gasteiger partial charge >= 0.3 is 0 Å². The first-order valence-corrected chi connectivity index (χ1v) is 13.1. The van der Waals surface area contributed by atoms with Crippen LogP contribution in [-0.2, 0) is 10.0 Å². The lowest BCUT2D eigenvalue weighted by atomic mass is 10.0. The maximum atomic E-state index is 13.6. The van der Waals surface area contributed by atoms with Crippen molar-refractivity contribution in [1.29, 1.82) is 0 Å². The number of carbonyl (C=O) groups is 1. The minimum atomic E-state index is -3.64. The number of hydrogen-bond acceptors (Lipinski definition) is 5. The summed E-state index contributed by atoms with van der Waals surface area (Å²) in [6, 6.07) is 10.7. The van der Waals surface area contributed by atoms with Crippen molar-refractivity contribution >= 4 is 15.9 Å². The molecule has 0 saturated carbocycles. The van der Waals surface area contributed by atoms with Crippen LogP contribution < -0.4 is 9.47 Å². The second kappa shape index (κ2) is 9.73. The Balaban J connectivity index is 1.65. The van der Waals surface area contributed by atoms with Gasteiger partial charge in [-0.15, -0.1) is 0 Å². The number of hydrogen-bond donors (Lipinski definition) is 0. The summed E-state index contributed by atoms with van der Waals surface area (Å²) < 4.78 is 39.0. The minimum Gasteiger partial charge on any atom is -0.490 e. The predicted octanol–water partition coefficient (Wildman–Crippen LogP) is 4.16. The van der Waals surface area contributed by atoms with Gasteiger partial charge in [-0.25, -0.2) is 8.42 Å². The molecule has 0 N–H and O–H groups in total. The Labute approximate surface area is 196 Å². The third-order valence-electron chi connectivity index (χ3n) is 6.45. The predicted molar refractivity (Wildman–Crippen MR) is 126 cm³/mol. The number of rotatable bonds is 6. The Kier molecular flexibility index (Phi) is 6.95. The largest absolute Gasteiger partial charge is 0.490 e. The second-order valence-corrected chi connectivity index (χ2v) is 10.4. The van der Waals surface area contributed by atoms with Crippen molar-refractivity contribution in [3.05, 3.63) is 53.1 Å². The van der Waals surface area contributed by atoms with E-state index in [1.807, 2.05) is 43.9 Å². The Bertz CT molecular complexity index is 1130. The highest BCUT2D eigenvalue weighted by Gasteiger charge is 2.33. The van der Waals surface area contributed by atoms with Gasteiger partial charge < -0.3 is 14.4 Å². The average Bonchev–Trinajstić information content (AvgIpc) is 3.18. The summed E-state index contributed by atoms with van der Waals surface area (Å²) in [6.07, 6.45) is 2.58. The van der Waals surface area contributed by atoms with Gasteiger partial charge in [-0.1, -0.05) is 26.0 Å². The standard InChI is InChI=1S/C25H32N2O5S/c1-4-26(5-2)33(29,30)20-11-9-18(3)21(17-20)25(28)27-13-6-8-22(27)19-10-12-23-24(16-19)32-15-7-14-31-23/h9-12,16-17,22H,4-8,13-15H2,1-3H3. The third kappa shape index (κ3) is 4.59. The van der Waals surface area contributed by atoms with E-state index in [1.165, 1.54) is 10.4 Å². The van der Waals surface area contributed by atoms with Gasteiger partial charge in [-0.3, -0.25) is 4.79 Å². The first kappa shape index (κ1) is 23.6. The molecule has 0 aromatic heterocycles. The molecule has 1 atom stereocenters. The van der Waals surface area contributed by atoms with Crippen molar-refractivity contribution in [2.75, 3.05) is 32.8 Å². The van der Waals surface area contributed by atoms with E-state index in [0.29, 0.717) is 44.2 Å². The van der Waals surface area contributed by atoms with Gasteiger partial charge in [0, 0.05) is 31.6 Å². The molecule has 1 saturated heterocycles. The Morgan fingerprint density at radius 1 is 1.03 bits per heavy atom.